The van der Waals surface area contributed by atoms with Gasteiger partial charge in [0.15, 0.2) is 0 Å². The highest BCUT2D eigenvalue weighted by Gasteiger charge is 2.45. The molecule has 0 aromatic heterocycles. The Morgan fingerprint density at radius 2 is 1.23 bits per heavy atom. The first-order valence-corrected chi connectivity index (χ1v) is 11.6. The molecule has 134 valence electrons. The number of rotatable bonds is 5. The molecule has 0 saturated carbocycles. The van der Waals surface area contributed by atoms with Gasteiger partial charge in [0, 0.05) is 0 Å². The van der Waals surface area contributed by atoms with Gasteiger partial charge in [-0.15, -0.1) is 0 Å². The fraction of sp³-hybridized carbons (Fsp3) is 0.280. The van der Waals surface area contributed by atoms with Gasteiger partial charge in [0.05, 0.1) is 6.16 Å². The van der Waals surface area contributed by atoms with Gasteiger partial charge in [-0.2, -0.15) is 0 Å². The number of benzene rings is 3. The van der Waals surface area contributed by atoms with Gasteiger partial charge in [0.1, 0.15) is 23.2 Å². The Bertz CT molecular complexity index is 862. The zero-order valence-electron chi connectivity index (χ0n) is 16.7. The molecule has 0 unspecified atom stereocenters. The minimum atomic E-state index is -1.67. The van der Waals surface area contributed by atoms with Gasteiger partial charge in [0.2, 0.25) is 0 Å². The molecule has 26 heavy (non-hydrogen) atoms. The van der Waals surface area contributed by atoms with Gasteiger partial charge in [-0.05, 0) is 86.7 Å². The summed E-state index contributed by atoms with van der Waals surface area (Å²) in [5, 5.41) is 4.58. The van der Waals surface area contributed by atoms with Gasteiger partial charge in [-0.3, -0.25) is 0 Å². The molecule has 0 aliphatic heterocycles. The maximum Gasteiger partial charge on any atom is 0.112 e. The van der Waals surface area contributed by atoms with E-state index in [2.05, 4.69) is 101 Å². The van der Waals surface area contributed by atoms with Crippen molar-refractivity contribution in [2.75, 3.05) is 6.16 Å². The van der Waals surface area contributed by atoms with Crippen LogP contribution in [0.4, 0.5) is 0 Å². The van der Waals surface area contributed by atoms with Crippen molar-refractivity contribution in [2.45, 2.75) is 41.0 Å². The van der Waals surface area contributed by atoms with E-state index in [4.69, 9.17) is 0 Å². The quantitative estimate of drug-likeness (QED) is 0.527. The fourth-order valence-corrected chi connectivity index (χ4v) is 8.79. The molecule has 0 nitrogen and oxygen atoms in total. The molecule has 3 aromatic carbocycles. The predicted octanol–water partition coefficient (Wildman–Crippen LogP) is 5.49. The highest BCUT2D eigenvalue weighted by molar-refractivity contribution is 7.95. The molecular formula is C25H30P+. The maximum absolute atomic E-state index is 2.42. The summed E-state index contributed by atoms with van der Waals surface area (Å²) in [4.78, 5) is 0. The molecule has 0 heterocycles. The molecule has 3 aromatic rings. The number of hydrogen-bond donors (Lipinski definition) is 0. The molecule has 3 rings (SSSR count). The molecule has 0 radical (unpaired) electrons. The van der Waals surface area contributed by atoms with Crippen molar-refractivity contribution < 1.29 is 0 Å². The second-order valence-electron chi connectivity index (χ2n) is 7.23. The Morgan fingerprint density at radius 3 is 1.69 bits per heavy atom. The first kappa shape index (κ1) is 18.9. The number of hydrogen-bond acceptors (Lipinski definition) is 0. The summed E-state index contributed by atoms with van der Waals surface area (Å²) in [6, 6.07) is 25.3. The van der Waals surface area contributed by atoms with E-state index in [9.17, 15) is 0 Å². The van der Waals surface area contributed by atoms with Crippen LogP contribution in [0.3, 0.4) is 0 Å². The lowest BCUT2D eigenvalue weighted by Crippen LogP contribution is -2.35. The van der Waals surface area contributed by atoms with Crippen LogP contribution in [0.1, 0.15) is 36.1 Å². The van der Waals surface area contributed by atoms with Gasteiger partial charge in [-0.25, -0.2) is 0 Å². The second kappa shape index (κ2) is 7.77. The van der Waals surface area contributed by atoms with Crippen LogP contribution in [0.15, 0.2) is 66.7 Å². The zero-order valence-corrected chi connectivity index (χ0v) is 17.6. The van der Waals surface area contributed by atoms with Crippen molar-refractivity contribution >= 4 is 23.2 Å². The normalized spacial score (nSPS) is 11.6. The third-order valence-electron chi connectivity index (χ3n) is 5.51. The van der Waals surface area contributed by atoms with E-state index in [0.29, 0.717) is 0 Å². The van der Waals surface area contributed by atoms with Crippen molar-refractivity contribution in [3.8, 4) is 0 Å². The summed E-state index contributed by atoms with van der Waals surface area (Å²) in [7, 11) is -1.67. The smallest absolute Gasteiger partial charge is 0.0611 e. The monoisotopic (exact) mass is 361 g/mol. The second-order valence-corrected chi connectivity index (χ2v) is 11.0. The fourth-order valence-electron chi connectivity index (χ4n) is 4.20. The van der Waals surface area contributed by atoms with E-state index in [-0.39, 0.29) is 0 Å². The summed E-state index contributed by atoms with van der Waals surface area (Å²) < 4.78 is 0. The zero-order chi connectivity index (χ0) is 18.7. The lowest BCUT2D eigenvalue weighted by Gasteiger charge is -2.29. The van der Waals surface area contributed by atoms with Crippen LogP contribution in [-0.4, -0.2) is 6.16 Å². The van der Waals surface area contributed by atoms with Crippen LogP contribution in [0.25, 0.3) is 0 Å². The van der Waals surface area contributed by atoms with Crippen molar-refractivity contribution in [3.63, 3.8) is 0 Å². The summed E-state index contributed by atoms with van der Waals surface area (Å²) in [6.45, 7) is 11.4. The molecule has 0 aliphatic rings. The first-order chi connectivity index (χ1) is 12.5. The number of aryl methyl sites for hydroxylation is 3. The lowest BCUT2D eigenvalue weighted by molar-refractivity contribution is 1.12. The van der Waals surface area contributed by atoms with Crippen molar-refractivity contribution in [1.29, 1.82) is 0 Å². The van der Waals surface area contributed by atoms with E-state index >= 15 is 0 Å². The molecule has 0 amide bonds. The van der Waals surface area contributed by atoms with Crippen LogP contribution in [0.2, 0.25) is 0 Å². The molecule has 0 spiro atoms. The highest BCUT2D eigenvalue weighted by Crippen LogP contribution is 2.56. The SMILES string of the molecule is CCc1c(C)cccc1[P+](CC)(c1cccc(C)c1)c1cccc(C)c1. The largest absolute Gasteiger partial charge is 0.112 e. The molecule has 0 N–H and O–H groups in total. The standard InChI is InChI=1S/C25H30P/c1-6-24-21(5)13-10-16-25(24)26(7-2,22-14-8-11-19(3)17-22)23-15-9-12-20(4)18-23/h8-18H,6-7H2,1-5H3/q+1. The Labute approximate surface area is 159 Å². The third kappa shape index (κ3) is 3.24. The summed E-state index contributed by atoms with van der Waals surface area (Å²) in [5.41, 5.74) is 5.64. The van der Waals surface area contributed by atoms with Crippen molar-refractivity contribution in [3.05, 3.63) is 89.0 Å². The molecule has 0 atom stereocenters. The maximum atomic E-state index is 2.42. The Morgan fingerprint density at radius 1 is 0.692 bits per heavy atom. The Balaban J connectivity index is 2.42. The van der Waals surface area contributed by atoms with E-state index in [1.165, 1.54) is 32.9 Å². The van der Waals surface area contributed by atoms with Gasteiger partial charge in [0.25, 0.3) is 0 Å². The molecule has 0 fully saturated rings. The van der Waals surface area contributed by atoms with Gasteiger partial charge < -0.3 is 0 Å². The van der Waals surface area contributed by atoms with Crippen molar-refractivity contribution in [2.24, 2.45) is 0 Å². The molecule has 0 saturated heterocycles. The van der Waals surface area contributed by atoms with E-state index < -0.39 is 7.26 Å². The van der Waals surface area contributed by atoms with Gasteiger partial charge in [-0.1, -0.05) is 43.3 Å². The topological polar surface area (TPSA) is 0 Å². The molecule has 0 aliphatic carbocycles. The Hall–Kier alpha value is -1.91. The van der Waals surface area contributed by atoms with Crippen molar-refractivity contribution in [1.82, 2.24) is 0 Å². The van der Waals surface area contributed by atoms with E-state index in [1.54, 1.807) is 5.30 Å². The average Bonchev–Trinajstić information content (AvgIpc) is 2.63. The van der Waals surface area contributed by atoms with E-state index in [1.807, 2.05) is 0 Å². The molecule has 1 heteroatoms. The van der Waals surface area contributed by atoms with Crippen LogP contribution in [0.5, 0.6) is 0 Å². The predicted molar refractivity (Wildman–Crippen MR) is 119 cm³/mol. The third-order valence-corrected chi connectivity index (χ3v) is 10.0. The van der Waals surface area contributed by atoms with Crippen LogP contribution >= 0.6 is 7.26 Å². The summed E-state index contributed by atoms with van der Waals surface area (Å²) in [6.07, 6.45) is 2.23. The minimum absolute atomic E-state index is 1.08. The highest BCUT2D eigenvalue weighted by atomic mass is 31.2. The van der Waals surface area contributed by atoms with Crippen LogP contribution in [0, 0.1) is 20.8 Å². The molecular weight excluding hydrogens is 331 g/mol. The van der Waals surface area contributed by atoms with Crippen LogP contribution in [-0.2, 0) is 6.42 Å². The average molecular weight is 361 g/mol. The summed E-state index contributed by atoms with van der Waals surface area (Å²) >= 11 is 0. The first-order valence-electron chi connectivity index (χ1n) is 9.64. The van der Waals surface area contributed by atoms with Crippen LogP contribution < -0.4 is 15.9 Å². The lowest BCUT2D eigenvalue weighted by atomic mass is 10.1. The minimum Gasteiger partial charge on any atom is -0.0611 e. The van der Waals surface area contributed by atoms with Gasteiger partial charge >= 0.3 is 0 Å². The summed E-state index contributed by atoms with van der Waals surface area (Å²) in [5.74, 6) is 0. The van der Waals surface area contributed by atoms with E-state index in [0.717, 1.165) is 12.6 Å². The Kier molecular flexibility index (Phi) is 5.64. The molecule has 0 bridgehead atoms.